The summed E-state index contributed by atoms with van der Waals surface area (Å²) in [7, 11) is 0. The first-order valence-corrected chi connectivity index (χ1v) is 8.06. The maximum atomic E-state index is 11.0. The second-order valence-corrected chi connectivity index (χ2v) is 6.41. The van der Waals surface area contributed by atoms with Crippen molar-refractivity contribution >= 4 is 16.9 Å². The average molecular weight is 323 g/mol. The molecule has 0 aliphatic carbocycles. The van der Waals surface area contributed by atoms with Crippen LogP contribution in [0.3, 0.4) is 0 Å². The molecule has 1 heterocycles. The number of phenols is 1. The van der Waals surface area contributed by atoms with E-state index in [0.29, 0.717) is 12.3 Å². The lowest BCUT2D eigenvalue weighted by molar-refractivity contribution is -0.136. The predicted molar refractivity (Wildman–Crippen MR) is 94.6 cm³/mol. The molecule has 0 aliphatic heterocycles. The Labute approximate surface area is 141 Å². The van der Waals surface area contributed by atoms with E-state index in [1.54, 1.807) is 6.07 Å². The molecule has 3 rings (SSSR count). The van der Waals surface area contributed by atoms with E-state index < -0.39 is 5.97 Å². The third-order valence-electron chi connectivity index (χ3n) is 4.31. The number of fused-ring (bicyclic) bond motifs is 1. The first kappa shape index (κ1) is 16.1. The van der Waals surface area contributed by atoms with E-state index in [9.17, 15) is 9.90 Å². The molecule has 4 heteroatoms. The number of benzene rings is 2. The van der Waals surface area contributed by atoms with Crippen LogP contribution < -0.4 is 0 Å². The SMILES string of the molecule is CC(C)c1cc(Cn2ccc3c(CC(=O)O)cccc32)ccc1O. The van der Waals surface area contributed by atoms with Crippen LogP contribution in [0.5, 0.6) is 5.75 Å². The number of nitrogens with zero attached hydrogens (tertiary/aromatic N) is 1. The molecule has 0 unspecified atom stereocenters. The highest BCUT2D eigenvalue weighted by atomic mass is 16.4. The summed E-state index contributed by atoms with van der Waals surface area (Å²) >= 11 is 0. The molecule has 0 amide bonds. The Morgan fingerprint density at radius 2 is 1.96 bits per heavy atom. The number of phenolic OH excluding ortho intramolecular Hbond substituents is 1. The van der Waals surface area contributed by atoms with Crippen molar-refractivity contribution in [3.63, 3.8) is 0 Å². The van der Waals surface area contributed by atoms with Crippen molar-refractivity contribution < 1.29 is 15.0 Å². The molecular weight excluding hydrogens is 302 g/mol. The minimum Gasteiger partial charge on any atom is -0.508 e. The van der Waals surface area contributed by atoms with Gasteiger partial charge in [-0.1, -0.05) is 38.1 Å². The zero-order valence-corrected chi connectivity index (χ0v) is 13.9. The molecule has 0 fully saturated rings. The normalized spacial score (nSPS) is 11.3. The maximum absolute atomic E-state index is 11.0. The number of carboxylic acid groups (broad SMARTS) is 1. The summed E-state index contributed by atoms with van der Waals surface area (Å²) in [5, 5.41) is 20.0. The highest BCUT2D eigenvalue weighted by molar-refractivity contribution is 5.87. The molecule has 0 radical (unpaired) electrons. The zero-order valence-electron chi connectivity index (χ0n) is 13.9. The largest absolute Gasteiger partial charge is 0.508 e. The van der Waals surface area contributed by atoms with E-state index in [1.165, 1.54) is 0 Å². The molecule has 24 heavy (non-hydrogen) atoms. The van der Waals surface area contributed by atoms with Gasteiger partial charge in [-0.25, -0.2) is 0 Å². The fraction of sp³-hybridized carbons (Fsp3) is 0.250. The molecule has 0 spiro atoms. The Hall–Kier alpha value is -2.75. The van der Waals surface area contributed by atoms with Gasteiger partial charge < -0.3 is 14.8 Å². The summed E-state index contributed by atoms with van der Waals surface area (Å²) in [6.45, 7) is 4.80. The van der Waals surface area contributed by atoms with Gasteiger partial charge in [0.2, 0.25) is 0 Å². The Bertz CT molecular complexity index is 893. The lowest BCUT2D eigenvalue weighted by atomic mass is 9.99. The van der Waals surface area contributed by atoms with Crippen molar-refractivity contribution in [1.82, 2.24) is 4.57 Å². The Balaban J connectivity index is 1.97. The lowest BCUT2D eigenvalue weighted by Crippen LogP contribution is -2.02. The fourth-order valence-electron chi connectivity index (χ4n) is 3.10. The summed E-state index contributed by atoms with van der Waals surface area (Å²) in [5.41, 5.74) is 3.90. The van der Waals surface area contributed by atoms with E-state index in [1.807, 2.05) is 42.6 Å². The number of carbonyl (C=O) groups is 1. The molecule has 0 atom stereocenters. The van der Waals surface area contributed by atoms with Gasteiger partial charge in [0.1, 0.15) is 5.75 Å². The van der Waals surface area contributed by atoms with Crippen LogP contribution in [0.1, 0.15) is 36.5 Å². The van der Waals surface area contributed by atoms with E-state index >= 15 is 0 Å². The average Bonchev–Trinajstić information content (AvgIpc) is 2.93. The number of hydrogen-bond donors (Lipinski definition) is 2. The van der Waals surface area contributed by atoms with Gasteiger partial charge in [0.25, 0.3) is 0 Å². The first-order chi connectivity index (χ1) is 11.5. The quantitative estimate of drug-likeness (QED) is 0.741. The molecular formula is C20H21NO3. The summed E-state index contributed by atoms with van der Waals surface area (Å²) in [5.74, 6) is -0.237. The molecule has 0 saturated carbocycles. The fourth-order valence-corrected chi connectivity index (χ4v) is 3.10. The van der Waals surface area contributed by atoms with Crippen LogP contribution >= 0.6 is 0 Å². The maximum Gasteiger partial charge on any atom is 0.307 e. The van der Waals surface area contributed by atoms with Crippen molar-refractivity contribution in [3.05, 3.63) is 65.4 Å². The van der Waals surface area contributed by atoms with Crippen LogP contribution in [0.4, 0.5) is 0 Å². The Morgan fingerprint density at radius 1 is 1.17 bits per heavy atom. The van der Waals surface area contributed by atoms with Crippen molar-refractivity contribution in [2.24, 2.45) is 0 Å². The molecule has 2 N–H and O–H groups in total. The standard InChI is InChI=1S/C20H21NO3/c1-13(2)17-10-14(6-7-19(17)22)12-21-9-8-16-15(11-20(23)24)4-3-5-18(16)21/h3-10,13,22H,11-12H2,1-2H3,(H,23,24). The Morgan fingerprint density at radius 3 is 2.67 bits per heavy atom. The molecule has 0 aliphatic rings. The zero-order chi connectivity index (χ0) is 17.3. The van der Waals surface area contributed by atoms with Crippen molar-refractivity contribution in [3.8, 4) is 5.75 Å². The second-order valence-electron chi connectivity index (χ2n) is 6.41. The third kappa shape index (κ3) is 3.13. The minimum atomic E-state index is -0.824. The van der Waals surface area contributed by atoms with Crippen LogP contribution in [-0.2, 0) is 17.8 Å². The van der Waals surface area contributed by atoms with Crippen molar-refractivity contribution in [2.45, 2.75) is 32.7 Å². The number of rotatable bonds is 5. The Kier molecular flexibility index (Phi) is 4.30. The number of aromatic hydroxyl groups is 1. The highest BCUT2D eigenvalue weighted by Crippen LogP contribution is 2.27. The molecule has 0 bridgehead atoms. The number of aliphatic carboxylic acids is 1. The monoisotopic (exact) mass is 323 g/mol. The van der Waals surface area contributed by atoms with Gasteiger partial charge in [0, 0.05) is 23.6 Å². The summed E-state index contributed by atoms with van der Waals surface area (Å²) in [6, 6.07) is 13.4. The third-order valence-corrected chi connectivity index (χ3v) is 4.31. The van der Waals surface area contributed by atoms with Gasteiger partial charge in [-0.3, -0.25) is 4.79 Å². The summed E-state index contributed by atoms with van der Waals surface area (Å²) in [4.78, 5) is 11.0. The van der Waals surface area contributed by atoms with E-state index in [4.69, 9.17) is 5.11 Å². The minimum absolute atomic E-state index is 0.0259. The number of hydrogen-bond acceptors (Lipinski definition) is 2. The molecule has 4 nitrogen and oxygen atoms in total. The van der Waals surface area contributed by atoms with E-state index in [0.717, 1.165) is 27.6 Å². The summed E-state index contributed by atoms with van der Waals surface area (Å²) < 4.78 is 2.11. The highest BCUT2D eigenvalue weighted by Gasteiger charge is 2.11. The van der Waals surface area contributed by atoms with E-state index in [2.05, 4.69) is 18.4 Å². The van der Waals surface area contributed by atoms with Gasteiger partial charge in [0.05, 0.1) is 6.42 Å². The van der Waals surface area contributed by atoms with Crippen LogP contribution in [-0.4, -0.2) is 20.7 Å². The van der Waals surface area contributed by atoms with Gasteiger partial charge in [-0.2, -0.15) is 0 Å². The van der Waals surface area contributed by atoms with Crippen LogP contribution in [0, 0.1) is 0 Å². The van der Waals surface area contributed by atoms with Crippen molar-refractivity contribution in [2.75, 3.05) is 0 Å². The molecule has 0 saturated heterocycles. The van der Waals surface area contributed by atoms with Crippen LogP contribution in [0.25, 0.3) is 10.9 Å². The second kappa shape index (κ2) is 6.40. The van der Waals surface area contributed by atoms with Crippen molar-refractivity contribution in [1.29, 1.82) is 0 Å². The van der Waals surface area contributed by atoms with E-state index in [-0.39, 0.29) is 12.3 Å². The van der Waals surface area contributed by atoms with Gasteiger partial charge >= 0.3 is 5.97 Å². The molecule has 1 aromatic heterocycles. The number of carboxylic acids is 1. The summed E-state index contributed by atoms with van der Waals surface area (Å²) in [6.07, 6.45) is 2.01. The molecule has 3 aromatic rings. The van der Waals surface area contributed by atoms with Gasteiger partial charge in [-0.05, 0) is 40.8 Å². The topological polar surface area (TPSA) is 62.5 Å². The predicted octanol–water partition coefficient (Wildman–Crippen LogP) is 4.15. The number of aromatic nitrogens is 1. The van der Waals surface area contributed by atoms with Crippen LogP contribution in [0.2, 0.25) is 0 Å². The van der Waals surface area contributed by atoms with Gasteiger partial charge in [0.15, 0.2) is 0 Å². The smallest absolute Gasteiger partial charge is 0.307 e. The molecule has 124 valence electrons. The van der Waals surface area contributed by atoms with Crippen LogP contribution in [0.15, 0.2) is 48.7 Å². The first-order valence-electron chi connectivity index (χ1n) is 8.06. The molecule has 2 aromatic carbocycles. The van der Waals surface area contributed by atoms with Gasteiger partial charge in [-0.15, -0.1) is 0 Å². The lowest BCUT2D eigenvalue weighted by Gasteiger charge is -2.12.